The Morgan fingerprint density at radius 3 is 2.79 bits per heavy atom. The lowest BCUT2D eigenvalue weighted by molar-refractivity contribution is -0.137. The first kappa shape index (κ1) is 21.0. The maximum absolute atomic E-state index is 12.9. The molecular weight excluding hydrogens is 427 g/mol. The molecule has 0 fully saturated rings. The van der Waals surface area contributed by atoms with Crippen molar-refractivity contribution in [3.63, 3.8) is 0 Å². The SMILES string of the molecule is Cc1nc(CC(=O)NN=Cc2c(C)nn(-c3cccc(C(F)(F)F)c3)c2Cl)cs1. The monoisotopic (exact) mass is 441 g/mol. The molecule has 0 aliphatic heterocycles. The third-order valence-electron chi connectivity index (χ3n) is 3.86. The molecule has 0 aliphatic rings. The Bertz CT molecular complexity index is 1070. The summed E-state index contributed by atoms with van der Waals surface area (Å²) in [5, 5.41) is 10.8. The summed E-state index contributed by atoms with van der Waals surface area (Å²) in [5.41, 5.74) is 3.20. The molecule has 1 amide bonds. The van der Waals surface area contributed by atoms with Gasteiger partial charge < -0.3 is 0 Å². The smallest absolute Gasteiger partial charge is 0.273 e. The molecule has 3 aromatic rings. The van der Waals surface area contributed by atoms with Gasteiger partial charge >= 0.3 is 6.18 Å². The van der Waals surface area contributed by atoms with Gasteiger partial charge in [0.2, 0.25) is 5.91 Å². The van der Waals surface area contributed by atoms with Crippen LogP contribution in [0.1, 0.15) is 27.5 Å². The van der Waals surface area contributed by atoms with Gasteiger partial charge in [0.1, 0.15) is 5.15 Å². The predicted octanol–water partition coefficient (Wildman–Crippen LogP) is 4.31. The largest absolute Gasteiger partial charge is 0.416 e. The molecule has 0 saturated carbocycles. The van der Waals surface area contributed by atoms with Crippen LogP contribution in [0.15, 0.2) is 34.7 Å². The summed E-state index contributed by atoms with van der Waals surface area (Å²) in [6.45, 7) is 3.48. The summed E-state index contributed by atoms with van der Waals surface area (Å²) in [6.07, 6.45) is -3.09. The molecule has 11 heteroatoms. The van der Waals surface area contributed by atoms with Gasteiger partial charge in [0.15, 0.2) is 0 Å². The van der Waals surface area contributed by atoms with Gasteiger partial charge in [0.25, 0.3) is 0 Å². The standard InChI is InChI=1S/C18H15ClF3N5OS/c1-10-15(8-23-25-16(28)7-13-9-29-11(2)24-13)17(19)27(26-10)14-5-3-4-12(6-14)18(20,21)22/h3-6,8-9H,7H2,1-2H3,(H,25,28). The molecule has 0 spiro atoms. The Balaban J connectivity index is 1.76. The normalized spacial score (nSPS) is 11.9. The lowest BCUT2D eigenvalue weighted by atomic mass is 10.2. The van der Waals surface area contributed by atoms with Crippen LogP contribution in [0, 0.1) is 13.8 Å². The zero-order valence-electron chi connectivity index (χ0n) is 15.3. The Hall–Kier alpha value is -2.72. The van der Waals surface area contributed by atoms with E-state index < -0.39 is 11.7 Å². The fourth-order valence-electron chi connectivity index (χ4n) is 2.51. The van der Waals surface area contributed by atoms with Gasteiger partial charge in [-0.2, -0.15) is 23.4 Å². The minimum atomic E-state index is -4.48. The molecular formula is C18H15ClF3N5OS. The summed E-state index contributed by atoms with van der Waals surface area (Å²) in [4.78, 5) is 16.1. The number of benzene rings is 1. The maximum Gasteiger partial charge on any atom is 0.416 e. The second kappa shape index (κ2) is 8.34. The molecule has 3 rings (SSSR count). The predicted molar refractivity (Wildman–Crippen MR) is 105 cm³/mol. The second-order valence-electron chi connectivity index (χ2n) is 6.08. The van der Waals surface area contributed by atoms with Crippen LogP contribution >= 0.6 is 22.9 Å². The van der Waals surface area contributed by atoms with Crippen LogP contribution in [-0.2, 0) is 17.4 Å². The molecule has 6 nitrogen and oxygen atoms in total. The number of carbonyl (C=O) groups excluding carboxylic acids is 1. The zero-order valence-corrected chi connectivity index (χ0v) is 16.9. The van der Waals surface area contributed by atoms with E-state index in [-0.39, 0.29) is 23.2 Å². The van der Waals surface area contributed by atoms with E-state index in [2.05, 4.69) is 20.6 Å². The Morgan fingerprint density at radius 1 is 1.38 bits per heavy atom. The van der Waals surface area contributed by atoms with E-state index in [0.717, 1.165) is 17.1 Å². The fraction of sp³-hybridized carbons (Fsp3) is 0.222. The molecule has 1 aromatic carbocycles. The molecule has 0 saturated heterocycles. The Kier molecular flexibility index (Phi) is 6.04. The highest BCUT2D eigenvalue weighted by Gasteiger charge is 2.30. The average Bonchev–Trinajstić information content (AvgIpc) is 3.18. The van der Waals surface area contributed by atoms with Gasteiger partial charge in [-0.1, -0.05) is 17.7 Å². The third-order valence-corrected chi connectivity index (χ3v) is 5.04. The molecule has 2 aromatic heterocycles. The number of halogens is 4. The quantitative estimate of drug-likeness (QED) is 0.473. The molecule has 0 bridgehead atoms. The number of aryl methyl sites for hydroxylation is 2. The molecule has 1 N–H and O–H groups in total. The minimum absolute atomic E-state index is 0.0787. The first-order valence-electron chi connectivity index (χ1n) is 8.31. The van der Waals surface area contributed by atoms with Gasteiger partial charge in [0, 0.05) is 5.38 Å². The number of thiazole rings is 1. The molecule has 152 valence electrons. The summed E-state index contributed by atoms with van der Waals surface area (Å²) >= 11 is 7.73. The summed E-state index contributed by atoms with van der Waals surface area (Å²) in [6, 6.07) is 4.66. The van der Waals surface area contributed by atoms with Crippen molar-refractivity contribution >= 4 is 35.1 Å². The van der Waals surface area contributed by atoms with Crippen LogP contribution in [-0.4, -0.2) is 26.9 Å². The fourth-order valence-corrected chi connectivity index (χ4v) is 3.44. The molecule has 29 heavy (non-hydrogen) atoms. The number of alkyl halides is 3. The van der Waals surface area contributed by atoms with Crippen molar-refractivity contribution in [1.82, 2.24) is 20.2 Å². The van der Waals surface area contributed by atoms with Crippen molar-refractivity contribution in [2.24, 2.45) is 5.10 Å². The van der Waals surface area contributed by atoms with E-state index in [1.807, 2.05) is 6.92 Å². The number of nitrogens with zero attached hydrogens (tertiary/aromatic N) is 4. The molecule has 0 atom stereocenters. The lowest BCUT2D eigenvalue weighted by Gasteiger charge is -2.09. The molecule has 0 unspecified atom stereocenters. The second-order valence-corrected chi connectivity index (χ2v) is 7.50. The molecule has 2 heterocycles. The highest BCUT2D eigenvalue weighted by Crippen LogP contribution is 2.31. The lowest BCUT2D eigenvalue weighted by Crippen LogP contribution is -2.20. The first-order chi connectivity index (χ1) is 13.6. The van der Waals surface area contributed by atoms with Crippen molar-refractivity contribution < 1.29 is 18.0 Å². The highest BCUT2D eigenvalue weighted by atomic mass is 35.5. The van der Waals surface area contributed by atoms with Crippen LogP contribution < -0.4 is 5.43 Å². The van der Waals surface area contributed by atoms with Crippen molar-refractivity contribution in [2.45, 2.75) is 26.4 Å². The van der Waals surface area contributed by atoms with Gasteiger partial charge in [-0.15, -0.1) is 11.3 Å². The van der Waals surface area contributed by atoms with Crippen molar-refractivity contribution in [3.8, 4) is 5.69 Å². The first-order valence-corrected chi connectivity index (χ1v) is 9.56. The zero-order chi connectivity index (χ0) is 21.2. The number of rotatable bonds is 5. The number of hydrogen-bond donors (Lipinski definition) is 1. The topological polar surface area (TPSA) is 72.2 Å². The van der Waals surface area contributed by atoms with E-state index in [0.29, 0.717) is 17.0 Å². The van der Waals surface area contributed by atoms with Crippen molar-refractivity contribution in [3.05, 3.63) is 62.3 Å². The number of hydrazone groups is 1. The minimum Gasteiger partial charge on any atom is -0.273 e. The highest BCUT2D eigenvalue weighted by molar-refractivity contribution is 7.09. The van der Waals surface area contributed by atoms with Gasteiger partial charge in [-0.05, 0) is 32.0 Å². The Morgan fingerprint density at radius 2 is 2.14 bits per heavy atom. The third kappa shape index (κ3) is 5.01. The Labute approximate surface area is 173 Å². The summed E-state index contributed by atoms with van der Waals surface area (Å²) < 4.78 is 40.0. The number of amides is 1. The van der Waals surface area contributed by atoms with Crippen LogP contribution in [0.3, 0.4) is 0 Å². The van der Waals surface area contributed by atoms with E-state index in [1.54, 1.807) is 12.3 Å². The van der Waals surface area contributed by atoms with E-state index >= 15 is 0 Å². The van der Waals surface area contributed by atoms with Crippen LogP contribution in [0.2, 0.25) is 5.15 Å². The number of carbonyl (C=O) groups is 1. The molecule has 0 radical (unpaired) electrons. The van der Waals surface area contributed by atoms with E-state index in [9.17, 15) is 18.0 Å². The van der Waals surface area contributed by atoms with Gasteiger partial charge in [0.05, 0.1) is 45.8 Å². The van der Waals surface area contributed by atoms with E-state index in [1.165, 1.54) is 34.4 Å². The van der Waals surface area contributed by atoms with Crippen molar-refractivity contribution in [1.29, 1.82) is 0 Å². The van der Waals surface area contributed by atoms with E-state index in [4.69, 9.17) is 11.6 Å². The maximum atomic E-state index is 12.9. The average molecular weight is 442 g/mol. The van der Waals surface area contributed by atoms with Crippen molar-refractivity contribution in [2.75, 3.05) is 0 Å². The van der Waals surface area contributed by atoms with Crippen LogP contribution in [0.25, 0.3) is 5.69 Å². The van der Waals surface area contributed by atoms with Crippen LogP contribution in [0.5, 0.6) is 0 Å². The summed E-state index contributed by atoms with van der Waals surface area (Å²) in [7, 11) is 0. The number of aromatic nitrogens is 3. The number of hydrogen-bond acceptors (Lipinski definition) is 5. The summed E-state index contributed by atoms with van der Waals surface area (Å²) in [5.74, 6) is -0.356. The van der Waals surface area contributed by atoms with Gasteiger partial charge in [-0.25, -0.2) is 15.1 Å². The van der Waals surface area contributed by atoms with Gasteiger partial charge in [-0.3, -0.25) is 4.79 Å². The molecule has 0 aliphatic carbocycles. The van der Waals surface area contributed by atoms with Crippen LogP contribution in [0.4, 0.5) is 13.2 Å². The number of nitrogens with one attached hydrogen (secondary N) is 1.